The summed E-state index contributed by atoms with van der Waals surface area (Å²) in [4.78, 5) is 16.9. The van der Waals surface area contributed by atoms with Gasteiger partial charge in [-0.05, 0) is 63.1 Å². The summed E-state index contributed by atoms with van der Waals surface area (Å²) in [5.41, 5.74) is 4.41. The van der Waals surface area contributed by atoms with Gasteiger partial charge in [0.1, 0.15) is 0 Å². The van der Waals surface area contributed by atoms with Gasteiger partial charge in [0, 0.05) is 17.8 Å². The number of benzene rings is 1. The van der Waals surface area contributed by atoms with E-state index in [9.17, 15) is 13.2 Å². The van der Waals surface area contributed by atoms with E-state index in [0.717, 1.165) is 17.0 Å². The molecule has 3 rings (SSSR count). The van der Waals surface area contributed by atoms with Crippen molar-refractivity contribution < 1.29 is 13.2 Å². The molecule has 2 aromatic rings. The van der Waals surface area contributed by atoms with Gasteiger partial charge in [-0.3, -0.25) is 14.1 Å². The van der Waals surface area contributed by atoms with Crippen LogP contribution in [0.4, 0.5) is 11.4 Å². The van der Waals surface area contributed by atoms with E-state index >= 15 is 0 Å². The van der Waals surface area contributed by atoms with E-state index in [0.29, 0.717) is 29.9 Å². The largest absolute Gasteiger partial charge is 0.320 e. The zero-order valence-electron chi connectivity index (χ0n) is 14.5. The molecule has 7 heteroatoms. The van der Waals surface area contributed by atoms with Crippen LogP contribution >= 0.6 is 0 Å². The molecule has 0 atom stereocenters. The lowest BCUT2D eigenvalue weighted by Crippen LogP contribution is -2.25. The monoisotopic (exact) mass is 359 g/mol. The Morgan fingerprint density at radius 2 is 1.84 bits per heavy atom. The van der Waals surface area contributed by atoms with Crippen molar-refractivity contribution in [1.82, 2.24) is 4.98 Å². The van der Waals surface area contributed by atoms with Gasteiger partial charge in [0.2, 0.25) is 10.0 Å². The molecule has 0 unspecified atom stereocenters. The van der Waals surface area contributed by atoms with Gasteiger partial charge in [-0.25, -0.2) is 8.42 Å². The van der Waals surface area contributed by atoms with Gasteiger partial charge in [-0.2, -0.15) is 0 Å². The Labute approximate surface area is 147 Å². The lowest BCUT2D eigenvalue weighted by atomic mass is 10.1. The summed E-state index contributed by atoms with van der Waals surface area (Å²) in [7, 11) is -3.21. The number of amides is 1. The summed E-state index contributed by atoms with van der Waals surface area (Å²) in [6, 6.07) is 8.55. The van der Waals surface area contributed by atoms with E-state index in [2.05, 4.69) is 10.3 Å². The fourth-order valence-corrected chi connectivity index (χ4v) is 4.67. The van der Waals surface area contributed by atoms with Crippen molar-refractivity contribution in [3.05, 3.63) is 52.8 Å². The molecule has 0 aliphatic carbocycles. The standard InChI is InChI=1S/C18H21N3O3S/c1-12-11-13(2)19-14(3)17(12)20-18(22)15-5-7-16(8-6-15)21-9-4-10-25(21,23)24/h5-8,11H,4,9-10H2,1-3H3,(H,20,22). The molecule has 2 heterocycles. The zero-order valence-corrected chi connectivity index (χ0v) is 15.4. The maximum absolute atomic E-state index is 12.5. The normalized spacial score (nSPS) is 16.0. The first-order valence-electron chi connectivity index (χ1n) is 8.14. The fraction of sp³-hybridized carbons (Fsp3) is 0.333. The Bertz CT molecular complexity index is 898. The number of aromatic nitrogens is 1. The molecule has 25 heavy (non-hydrogen) atoms. The van der Waals surface area contributed by atoms with Crippen LogP contribution in [0.15, 0.2) is 30.3 Å². The second kappa shape index (κ2) is 6.48. The Morgan fingerprint density at radius 3 is 2.40 bits per heavy atom. The Hall–Kier alpha value is -2.41. The van der Waals surface area contributed by atoms with E-state index in [-0.39, 0.29) is 11.7 Å². The topological polar surface area (TPSA) is 79.4 Å². The fourth-order valence-electron chi connectivity index (χ4n) is 3.11. The highest BCUT2D eigenvalue weighted by Crippen LogP contribution is 2.25. The molecular formula is C18H21N3O3S. The molecule has 1 aliphatic rings. The third-order valence-electron chi connectivity index (χ3n) is 4.28. The van der Waals surface area contributed by atoms with Crippen molar-refractivity contribution in [2.45, 2.75) is 27.2 Å². The highest BCUT2D eigenvalue weighted by Gasteiger charge is 2.28. The van der Waals surface area contributed by atoms with Gasteiger partial charge in [0.05, 0.1) is 22.8 Å². The second-order valence-corrected chi connectivity index (χ2v) is 8.30. The van der Waals surface area contributed by atoms with Crippen LogP contribution in [0.1, 0.15) is 33.7 Å². The molecule has 0 radical (unpaired) electrons. The molecule has 1 N–H and O–H groups in total. The maximum Gasteiger partial charge on any atom is 0.255 e. The highest BCUT2D eigenvalue weighted by molar-refractivity contribution is 7.93. The smallest absolute Gasteiger partial charge is 0.255 e. The van der Waals surface area contributed by atoms with Crippen molar-refractivity contribution in [3.63, 3.8) is 0 Å². The van der Waals surface area contributed by atoms with Crippen molar-refractivity contribution in [2.24, 2.45) is 0 Å². The second-order valence-electron chi connectivity index (χ2n) is 6.28. The van der Waals surface area contributed by atoms with E-state index in [1.807, 2.05) is 26.8 Å². The SMILES string of the molecule is Cc1cc(C)c(NC(=O)c2ccc(N3CCCS3(=O)=O)cc2)c(C)n1. The molecule has 6 nitrogen and oxygen atoms in total. The quantitative estimate of drug-likeness (QED) is 0.914. The molecule has 0 saturated carbocycles. The number of nitrogens with one attached hydrogen (secondary N) is 1. The number of carbonyl (C=O) groups is 1. The number of carbonyl (C=O) groups excluding carboxylic acids is 1. The number of hydrogen-bond donors (Lipinski definition) is 1. The van der Waals surface area contributed by atoms with Crippen LogP contribution in [0.3, 0.4) is 0 Å². The Morgan fingerprint density at radius 1 is 1.16 bits per heavy atom. The number of aryl methyl sites for hydroxylation is 3. The third kappa shape index (κ3) is 3.51. The molecule has 132 valence electrons. The van der Waals surface area contributed by atoms with Crippen molar-refractivity contribution >= 4 is 27.3 Å². The van der Waals surface area contributed by atoms with Crippen LogP contribution in [-0.4, -0.2) is 31.6 Å². The molecular weight excluding hydrogens is 338 g/mol. The number of sulfonamides is 1. The number of rotatable bonds is 3. The average Bonchev–Trinajstić information content (AvgIpc) is 2.90. The molecule has 1 fully saturated rings. The average molecular weight is 359 g/mol. The summed E-state index contributed by atoms with van der Waals surface area (Å²) in [5.74, 6) is -0.0681. The van der Waals surface area contributed by atoms with Crippen LogP contribution in [-0.2, 0) is 10.0 Å². The van der Waals surface area contributed by atoms with Crippen LogP contribution in [0.25, 0.3) is 0 Å². The van der Waals surface area contributed by atoms with E-state index in [1.54, 1.807) is 24.3 Å². The van der Waals surface area contributed by atoms with E-state index in [4.69, 9.17) is 0 Å². The first kappa shape index (κ1) is 17.4. The number of hydrogen-bond acceptors (Lipinski definition) is 4. The minimum Gasteiger partial charge on any atom is -0.320 e. The van der Waals surface area contributed by atoms with E-state index in [1.165, 1.54) is 4.31 Å². The highest BCUT2D eigenvalue weighted by atomic mass is 32.2. The third-order valence-corrected chi connectivity index (χ3v) is 6.15. The first-order chi connectivity index (χ1) is 11.8. The molecule has 1 amide bonds. The van der Waals surface area contributed by atoms with Crippen LogP contribution in [0, 0.1) is 20.8 Å². The summed E-state index contributed by atoms with van der Waals surface area (Å²) in [6.45, 7) is 6.19. The maximum atomic E-state index is 12.5. The molecule has 1 saturated heterocycles. The number of nitrogens with zero attached hydrogens (tertiary/aromatic N) is 2. The minimum absolute atomic E-state index is 0.175. The van der Waals surface area contributed by atoms with Crippen molar-refractivity contribution in [1.29, 1.82) is 0 Å². The lowest BCUT2D eigenvalue weighted by Gasteiger charge is -2.17. The van der Waals surface area contributed by atoms with Crippen molar-refractivity contribution in [3.8, 4) is 0 Å². The van der Waals surface area contributed by atoms with Gasteiger partial charge in [-0.1, -0.05) is 0 Å². The number of pyridine rings is 1. The summed E-state index contributed by atoms with van der Waals surface area (Å²) >= 11 is 0. The molecule has 0 spiro atoms. The zero-order chi connectivity index (χ0) is 18.2. The lowest BCUT2D eigenvalue weighted by molar-refractivity contribution is 0.102. The predicted molar refractivity (Wildman–Crippen MR) is 98.6 cm³/mol. The summed E-state index contributed by atoms with van der Waals surface area (Å²) in [5, 5.41) is 2.89. The van der Waals surface area contributed by atoms with E-state index < -0.39 is 10.0 Å². The van der Waals surface area contributed by atoms with Gasteiger partial charge in [-0.15, -0.1) is 0 Å². The van der Waals surface area contributed by atoms with Gasteiger partial charge in [0.25, 0.3) is 5.91 Å². The summed E-state index contributed by atoms with van der Waals surface area (Å²) in [6.07, 6.45) is 0.629. The molecule has 1 aliphatic heterocycles. The van der Waals surface area contributed by atoms with Crippen molar-refractivity contribution in [2.75, 3.05) is 21.9 Å². The van der Waals surface area contributed by atoms with Crippen LogP contribution in [0.5, 0.6) is 0 Å². The first-order valence-corrected chi connectivity index (χ1v) is 9.75. The molecule has 1 aromatic carbocycles. The Kier molecular flexibility index (Phi) is 4.51. The minimum atomic E-state index is -3.21. The van der Waals surface area contributed by atoms with Crippen LogP contribution < -0.4 is 9.62 Å². The van der Waals surface area contributed by atoms with Gasteiger partial charge >= 0.3 is 0 Å². The predicted octanol–water partition coefficient (Wildman–Crippen LogP) is 2.80. The van der Waals surface area contributed by atoms with Gasteiger partial charge in [0.15, 0.2) is 0 Å². The number of anilines is 2. The van der Waals surface area contributed by atoms with Crippen LogP contribution in [0.2, 0.25) is 0 Å². The van der Waals surface area contributed by atoms with Gasteiger partial charge < -0.3 is 5.32 Å². The Balaban J connectivity index is 1.80. The summed E-state index contributed by atoms with van der Waals surface area (Å²) < 4.78 is 25.3. The molecule has 1 aromatic heterocycles. The molecule has 0 bridgehead atoms.